The molecular formula is C37H48N4O9S2. The fourth-order valence-corrected chi connectivity index (χ4v) is 10.7. The zero-order chi connectivity index (χ0) is 38.3. The molecule has 4 amide bonds. The molecule has 1 saturated heterocycles. The van der Waals surface area contributed by atoms with Crippen LogP contribution >= 0.6 is 0 Å². The van der Waals surface area contributed by atoms with E-state index in [0.717, 1.165) is 16.0 Å². The van der Waals surface area contributed by atoms with Crippen LogP contribution < -0.4 is 15.4 Å². The fourth-order valence-electron chi connectivity index (χ4n) is 7.04. The van der Waals surface area contributed by atoms with Crippen LogP contribution in [-0.2, 0) is 39.0 Å². The second kappa shape index (κ2) is 14.3. The molecule has 2 aromatic rings. The highest BCUT2D eigenvalue weighted by molar-refractivity contribution is 7.92. The molecule has 1 aliphatic heterocycles. The molecule has 5 rings (SSSR count). The Kier molecular flexibility index (Phi) is 10.7. The number of likely N-dealkylation sites (tertiary alicyclic amines) is 1. The van der Waals surface area contributed by atoms with Crippen molar-refractivity contribution in [3.8, 4) is 11.1 Å². The topological polar surface area (TPSA) is 196 Å². The van der Waals surface area contributed by atoms with Crippen molar-refractivity contribution in [3.05, 3.63) is 72.8 Å². The minimum absolute atomic E-state index is 0.0427. The van der Waals surface area contributed by atoms with Crippen molar-refractivity contribution in [2.45, 2.75) is 93.8 Å². The molecule has 3 fully saturated rings. The summed E-state index contributed by atoms with van der Waals surface area (Å²) in [6, 6.07) is 13.5. The van der Waals surface area contributed by atoms with Gasteiger partial charge in [0.05, 0.1) is 11.0 Å². The number of nitrogens with zero attached hydrogens (tertiary/aromatic N) is 1. The van der Waals surface area contributed by atoms with Gasteiger partial charge in [0.2, 0.25) is 21.8 Å². The van der Waals surface area contributed by atoms with Gasteiger partial charge in [0.1, 0.15) is 22.4 Å². The van der Waals surface area contributed by atoms with Crippen LogP contribution in [0.1, 0.15) is 71.8 Å². The summed E-state index contributed by atoms with van der Waals surface area (Å²) in [6.07, 6.45) is 1.31. The van der Waals surface area contributed by atoms with Gasteiger partial charge in [0, 0.05) is 18.9 Å². The molecule has 0 unspecified atom stereocenters. The normalized spacial score (nSPS) is 25.1. The van der Waals surface area contributed by atoms with Crippen molar-refractivity contribution in [1.82, 2.24) is 20.3 Å². The van der Waals surface area contributed by atoms with Crippen LogP contribution in [0.5, 0.6) is 0 Å². The van der Waals surface area contributed by atoms with E-state index in [1.54, 1.807) is 45.0 Å². The zero-order valence-corrected chi connectivity index (χ0v) is 31.6. The molecule has 282 valence electrons. The van der Waals surface area contributed by atoms with E-state index >= 15 is 0 Å². The molecule has 0 spiro atoms. The summed E-state index contributed by atoms with van der Waals surface area (Å²) in [7, 11) is -8.08. The highest BCUT2D eigenvalue weighted by Gasteiger charge is 2.64. The smallest absolute Gasteiger partial charge is 0.405 e. The molecule has 2 aromatic carbocycles. The third-order valence-electron chi connectivity index (χ3n) is 10.4. The molecule has 52 heavy (non-hydrogen) atoms. The monoisotopic (exact) mass is 756 g/mol. The molecule has 3 aliphatic rings. The van der Waals surface area contributed by atoms with Crippen molar-refractivity contribution < 1.29 is 41.1 Å². The maximum atomic E-state index is 14.6. The lowest BCUT2D eigenvalue weighted by Gasteiger charge is -2.35. The highest BCUT2D eigenvalue weighted by atomic mass is 32.2. The lowest BCUT2D eigenvalue weighted by Crippen LogP contribution is -2.60. The molecule has 13 nitrogen and oxygen atoms in total. The number of carboxylic acid groups (broad SMARTS) is 1. The Labute approximate surface area is 305 Å². The molecule has 0 radical (unpaired) electrons. The Morgan fingerprint density at radius 3 is 2.12 bits per heavy atom. The average molecular weight is 757 g/mol. The van der Waals surface area contributed by atoms with Gasteiger partial charge in [-0.25, -0.2) is 21.6 Å². The maximum Gasteiger partial charge on any atom is 0.405 e. The quantitative estimate of drug-likeness (QED) is 0.208. The molecule has 0 bridgehead atoms. The van der Waals surface area contributed by atoms with Crippen LogP contribution in [-0.4, -0.2) is 85.8 Å². The van der Waals surface area contributed by atoms with E-state index in [-0.39, 0.29) is 18.6 Å². The fraction of sp³-hybridized carbons (Fsp3) is 0.514. The predicted octanol–water partition coefficient (Wildman–Crippen LogP) is 3.72. The number of nitrogens with one attached hydrogen (secondary N) is 3. The first-order valence-electron chi connectivity index (χ1n) is 17.5. The number of rotatable bonds is 14. The molecule has 2 saturated carbocycles. The minimum atomic E-state index is -4.10. The van der Waals surface area contributed by atoms with Crippen LogP contribution in [0, 0.1) is 11.3 Å². The van der Waals surface area contributed by atoms with Gasteiger partial charge in [0.25, 0.3) is 5.91 Å². The van der Waals surface area contributed by atoms with E-state index < -0.39 is 89.2 Å². The van der Waals surface area contributed by atoms with E-state index in [2.05, 4.69) is 21.9 Å². The van der Waals surface area contributed by atoms with Crippen molar-refractivity contribution in [1.29, 1.82) is 0 Å². The van der Waals surface area contributed by atoms with Gasteiger partial charge in [-0.15, -0.1) is 6.58 Å². The second-order valence-corrected chi connectivity index (χ2v) is 19.6. The Morgan fingerprint density at radius 1 is 0.981 bits per heavy atom. The van der Waals surface area contributed by atoms with Crippen molar-refractivity contribution in [2.75, 3.05) is 12.3 Å². The first-order chi connectivity index (χ1) is 24.3. The maximum absolute atomic E-state index is 14.6. The average Bonchev–Trinajstić information content (AvgIpc) is 4.02. The van der Waals surface area contributed by atoms with Gasteiger partial charge in [0.15, 0.2) is 9.84 Å². The van der Waals surface area contributed by atoms with E-state index in [4.69, 9.17) is 0 Å². The van der Waals surface area contributed by atoms with Crippen LogP contribution in [0.2, 0.25) is 0 Å². The van der Waals surface area contributed by atoms with Crippen LogP contribution in [0.3, 0.4) is 0 Å². The van der Waals surface area contributed by atoms with Gasteiger partial charge in [-0.3, -0.25) is 19.1 Å². The number of unbranched alkanes of at least 4 members (excludes halogenated alkanes) is 1. The minimum Gasteiger partial charge on any atom is -0.465 e. The number of sulfone groups is 1. The Morgan fingerprint density at radius 2 is 1.60 bits per heavy atom. The highest BCUT2D eigenvalue weighted by Crippen LogP contribution is 2.48. The van der Waals surface area contributed by atoms with Crippen molar-refractivity contribution in [3.63, 3.8) is 0 Å². The van der Waals surface area contributed by atoms with Crippen molar-refractivity contribution >= 4 is 43.7 Å². The number of benzene rings is 2. The lowest BCUT2D eigenvalue weighted by atomic mass is 9.85. The first kappa shape index (κ1) is 39.0. The molecule has 5 atom stereocenters. The SMILES string of the molecule is C=C[C@@H]1C[C@]1(NC(=O)[C@@H]1C[C@](c2ccc(-c3ccccc3)cc2)(S(=O)(=O)CCCC)CN1C(=O)[C@@H](NC(=O)O)C(C)(C)C)C(=O)NS(=O)(=O)C1CC1. The van der Waals surface area contributed by atoms with E-state index in [9.17, 15) is 41.1 Å². The van der Waals surface area contributed by atoms with Gasteiger partial charge in [-0.1, -0.05) is 94.8 Å². The number of amides is 4. The summed E-state index contributed by atoms with van der Waals surface area (Å²) in [4.78, 5) is 55.5. The van der Waals surface area contributed by atoms with Gasteiger partial charge < -0.3 is 20.6 Å². The molecule has 2 aliphatic carbocycles. The van der Waals surface area contributed by atoms with Crippen LogP contribution in [0.25, 0.3) is 11.1 Å². The van der Waals surface area contributed by atoms with Crippen molar-refractivity contribution in [2.24, 2.45) is 11.3 Å². The first-order valence-corrected chi connectivity index (χ1v) is 20.7. The zero-order valence-electron chi connectivity index (χ0n) is 29.9. The summed E-state index contributed by atoms with van der Waals surface area (Å²) in [5, 5.41) is 14.0. The Bertz CT molecular complexity index is 1940. The number of sulfonamides is 1. The Hall–Kier alpha value is -4.24. The van der Waals surface area contributed by atoms with Gasteiger partial charge >= 0.3 is 6.09 Å². The Balaban J connectivity index is 1.60. The third kappa shape index (κ3) is 7.61. The summed E-state index contributed by atoms with van der Waals surface area (Å²) in [6.45, 7) is 10.0. The van der Waals surface area contributed by atoms with Crippen LogP contribution in [0.4, 0.5) is 4.79 Å². The third-order valence-corrected chi connectivity index (χ3v) is 14.8. The summed E-state index contributed by atoms with van der Waals surface area (Å²) >= 11 is 0. The standard InChI is InChI=1S/C37H48N4O9S2/c1-6-8-20-51(47,48)36(27-16-14-25(15-17-27)24-12-10-9-11-13-24)22-29(41(23-36)32(43)30(35(3,4)5)38-34(45)46)31(42)39-37(21-26(37)7-2)33(44)40-52(49,50)28-18-19-28/h7,9-17,26,28-30,38H,2,6,8,18-23H2,1,3-5H3,(H,39,42)(H,40,44)(H,45,46)/t26-,29+,30-,36+,37-/m1/s1. The number of carbonyl (C=O) groups is 4. The van der Waals surface area contributed by atoms with Crippen LogP contribution in [0.15, 0.2) is 67.3 Å². The summed E-state index contributed by atoms with van der Waals surface area (Å²) in [5.41, 5.74) is -0.612. The number of hydrogen-bond donors (Lipinski definition) is 4. The molecule has 0 aromatic heterocycles. The second-order valence-electron chi connectivity index (χ2n) is 15.2. The largest absolute Gasteiger partial charge is 0.465 e. The van der Waals surface area contributed by atoms with E-state index in [1.807, 2.05) is 37.3 Å². The predicted molar refractivity (Wildman–Crippen MR) is 196 cm³/mol. The molecule has 1 heterocycles. The van der Waals surface area contributed by atoms with E-state index in [0.29, 0.717) is 31.2 Å². The summed E-state index contributed by atoms with van der Waals surface area (Å²) < 4.78 is 54.9. The summed E-state index contributed by atoms with van der Waals surface area (Å²) in [5.74, 6) is -3.48. The lowest BCUT2D eigenvalue weighted by molar-refractivity contribution is -0.142. The molecule has 4 N–H and O–H groups in total. The number of hydrogen-bond acceptors (Lipinski definition) is 8. The molecular weight excluding hydrogens is 709 g/mol. The van der Waals surface area contributed by atoms with E-state index in [1.165, 1.54) is 6.08 Å². The van der Waals surface area contributed by atoms with Gasteiger partial charge in [-0.2, -0.15) is 0 Å². The molecule has 15 heteroatoms. The van der Waals surface area contributed by atoms with Gasteiger partial charge in [-0.05, 0) is 47.8 Å². The number of carbonyl (C=O) groups excluding carboxylic acids is 3.